The van der Waals surface area contributed by atoms with Crippen molar-refractivity contribution in [3.8, 4) is 0 Å². The molecule has 0 aliphatic heterocycles. The van der Waals surface area contributed by atoms with Crippen LogP contribution in [0.25, 0.3) is 10.8 Å². The molecule has 106 valence electrons. The summed E-state index contributed by atoms with van der Waals surface area (Å²) in [6, 6.07) is 14.0. The summed E-state index contributed by atoms with van der Waals surface area (Å²) in [6.45, 7) is 5.48. The summed E-state index contributed by atoms with van der Waals surface area (Å²) < 4.78 is 0. The van der Waals surface area contributed by atoms with E-state index in [-0.39, 0.29) is 0 Å². The first-order valence-corrected chi connectivity index (χ1v) is 8.03. The number of hydrogen-bond acceptors (Lipinski definition) is 1. The minimum Gasteiger partial charge on any atom is -0.310 e. The highest BCUT2D eigenvalue weighted by molar-refractivity contribution is 5.89. The number of fused-ring (bicyclic) bond motifs is 1. The topological polar surface area (TPSA) is 12.0 Å². The maximum atomic E-state index is 3.75. The molecule has 1 unspecified atom stereocenters. The van der Waals surface area contributed by atoms with Gasteiger partial charge in [0.05, 0.1) is 0 Å². The lowest BCUT2D eigenvalue weighted by Crippen LogP contribution is -2.27. The minimum atomic E-state index is 0.521. The van der Waals surface area contributed by atoms with E-state index in [1.54, 1.807) is 0 Å². The van der Waals surface area contributed by atoms with E-state index in [4.69, 9.17) is 0 Å². The molecule has 1 N–H and O–H groups in total. The predicted octanol–water partition coefficient (Wildman–Crippen LogP) is 4.99. The minimum absolute atomic E-state index is 0.521. The summed E-state index contributed by atoms with van der Waals surface area (Å²) in [5.41, 5.74) is 2.88. The zero-order valence-electron chi connectivity index (χ0n) is 12.7. The first kappa shape index (κ1) is 13.6. The Morgan fingerprint density at radius 2 is 1.75 bits per heavy atom. The molecule has 1 nitrogen and oxygen atoms in total. The smallest absolute Gasteiger partial charge is 0.0354 e. The average molecular weight is 267 g/mol. The molecule has 1 heteroatoms. The molecule has 3 rings (SSSR count). The van der Waals surface area contributed by atoms with E-state index in [0.29, 0.717) is 6.04 Å². The summed E-state index contributed by atoms with van der Waals surface area (Å²) in [4.78, 5) is 0. The van der Waals surface area contributed by atoms with Crippen LogP contribution in [0.3, 0.4) is 0 Å². The molecular formula is C19H25N. The summed E-state index contributed by atoms with van der Waals surface area (Å²) in [6.07, 6.45) is 5.55. The third-order valence-corrected chi connectivity index (χ3v) is 4.81. The van der Waals surface area contributed by atoms with Crippen LogP contribution >= 0.6 is 0 Å². The molecule has 0 spiro atoms. The van der Waals surface area contributed by atoms with E-state index < -0.39 is 0 Å². The average Bonchev–Trinajstić information content (AvgIpc) is 3.00. The number of rotatable bonds is 4. The lowest BCUT2D eigenvalue weighted by atomic mass is 9.87. The fraction of sp³-hybridized carbons (Fsp3) is 0.474. The maximum absolute atomic E-state index is 3.75. The quantitative estimate of drug-likeness (QED) is 0.823. The van der Waals surface area contributed by atoms with Crippen LogP contribution in [0.2, 0.25) is 0 Å². The van der Waals surface area contributed by atoms with Crippen LogP contribution in [0, 0.1) is 12.8 Å². The highest BCUT2D eigenvalue weighted by Crippen LogP contribution is 2.38. The molecule has 20 heavy (non-hydrogen) atoms. The van der Waals surface area contributed by atoms with E-state index in [9.17, 15) is 0 Å². The molecular weight excluding hydrogens is 242 g/mol. The van der Waals surface area contributed by atoms with Crippen molar-refractivity contribution >= 4 is 10.8 Å². The Morgan fingerprint density at radius 3 is 2.45 bits per heavy atom. The number of benzene rings is 2. The zero-order valence-corrected chi connectivity index (χ0v) is 12.7. The van der Waals surface area contributed by atoms with Crippen molar-refractivity contribution in [2.24, 2.45) is 5.92 Å². The first-order chi connectivity index (χ1) is 9.81. The molecule has 1 aliphatic carbocycles. The fourth-order valence-corrected chi connectivity index (χ4v) is 3.79. The molecule has 0 amide bonds. The monoisotopic (exact) mass is 267 g/mol. The molecule has 1 atom stereocenters. The van der Waals surface area contributed by atoms with Gasteiger partial charge in [0.2, 0.25) is 0 Å². The van der Waals surface area contributed by atoms with Gasteiger partial charge < -0.3 is 5.32 Å². The van der Waals surface area contributed by atoms with Gasteiger partial charge in [-0.05, 0) is 54.1 Å². The van der Waals surface area contributed by atoms with Gasteiger partial charge in [-0.1, -0.05) is 56.2 Å². The Labute approximate surface area is 122 Å². The molecule has 2 aromatic rings. The van der Waals surface area contributed by atoms with Crippen LogP contribution in [-0.2, 0) is 0 Å². The fourth-order valence-electron chi connectivity index (χ4n) is 3.79. The van der Waals surface area contributed by atoms with Crippen LogP contribution in [0.1, 0.15) is 49.8 Å². The Kier molecular flexibility index (Phi) is 4.07. The van der Waals surface area contributed by atoms with Crippen molar-refractivity contribution in [1.29, 1.82) is 0 Å². The molecule has 0 heterocycles. The van der Waals surface area contributed by atoms with Crippen molar-refractivity contribution < 1.29 is 0 Å². The number of nitrogens with one attached hydrogen (secondary N) is 1. The van der Waals surface area contributed by atoms with Gasteiger partial charge in [-0.15, -0.1) is 0 Å². The van der Waals surface area contributed by atoms with Crippen molar-refractivity contribution in [2.45, 2.75) is 45.6 Å². The van der Waals surface area contributed by atoms with Gasteiger partial charge in [-0.2, -0.15) is 0 Å². The van der Waals surface area contributed by atoms with Crippen LogP contribution < -0.4 is 5.32 Å². The lowest BCUT2D eigenvalue weighted by molar-refractivity contribution is 0.376. The Balaban J connectivity index is 2.08. The van der Waals surface area contributed by atoms with E-state index in [1.165, 1.54) is 47.6 Å². The number of hydrogen-bond donors (Lipinski definition) is 1. The largest absolute Gasteiger partial charge is 0.310 e. The van der Waals surface area contributed by atoms with Gasteiger partial charge in [-0.25, -0.2) is 0 Å². The van der Waals surface area contributed by atoms with Crippen LogP contribution in [0.4, 0.5) is 0 Å². The van der Waals surface area contributed by atoms with Crippen molar-refractivity contribution in [1.82, 2.24) is 5.32 Å². The molecule has 0 saturated heterocycles. The molecule has 1 saturated carbocycles. The summed E-state index contributed by atoms with van der Waals surface area (Å²) in [5.74, 6) is 0.807. The second-order valence-corrected chi connectivity index (χ2v) is 6.10. The van der Waals surface area contributed by atoms with Crippen LogP contribution in [0.15, 0.2) is 36.4 Å². The molecule has 0 radical (unpaired) electrons. The summed E-state index contributed by atoms with van der Waals surface area (Å²) in [7, 11) is 0. The third-order valence-electron chi connectivity index (χ3n) is 4.81. The van der Waals surface area contributed by atoms with Crippen molar-refractivity contribution in [3.05, 3.63) is 47.5 Å². The van der Waals surface area contributed by atoms with E-state index >= 15 is 0 Å². The molecule has 0 aromatic heterocycles. The number of aryl methyl sites for hydroxylation is 1. The second-order valence-electron chi connectivity index (χ2n) is 6.10. The first-order valence-electron chi connectivity index (χ1n) is 8.03. The third kappa shape index (κ3) is 2.47. The molecule has 1 aliphatic rings. The van der Waals surface area contributed by atoms with E-state index in [2.05, 4.69) is 55.6 Å². The predicted molar refractivity (Wildman–Crippen MR) is 87.1 cm³/mol. The van der Waals surface area contributed by atoms with E-state index in [1.807, 2.05) is 0 Å². The zero-order chi connectivity index (χ0) is 13.9. The van der Waals surface area contributed by atoms with Gasteiger partial charge in [0.15, 0.2) is 0 Å². The highest BCUT2D eigenvalue weighted by atomic mass is 14.9. The Morgan fingerprint density at radius 1 is 1.05 bits per heavy atom. The molecule has 1 fully saturated rings. The second kappa shape index (κ2) is 5.97. The molecule has 0 bridgehead atoms. The van der Waals surface area contributed by atoms with Crippen molar-refractivity contribution in [2.75, 3.05) is 6.54 Å². The maximum Gasteiger partial charge on any atom is 0.0354 e. The Bertz CT molecular complexity index is 581. The SMILES string of the molecule is CCNC(c1ccc(C)c2ccccc12)C1CCCC1. The van der Waals surface area contributed by atoms with Crippen LogP contribution in [-0.4, -0.2) is 6.54 Å². The Hall–Kier alpha value is -1.34. The van der Waals surface area contributed by atoms with Crippen molar-refractivity contribution in [3.63, 3.8) is 0 Å². The molecule has 2 aromatic carbocycles. The summed E-state index contributed by atoms with van der Waals surface area (Å²) in [5, 5.41) is 6.60. The van der Waals surface area contributed by atoms with Gasteiger partial charge >= 0.3 is 0 Å². The van der Waals surface area contributed by atoms with Crippen LogP contribution in [0.5, 0.6) is 0 Å². The highest BCUT2D eigenvalue weighted by Gasteiger charge is 2.26. The van der Waals surface area contributed by atoms with Gasteiger partial charge in [0.25, 0.3) is 0 Å². The summed E-state index contributed by atoms with van der Waals surface area (Å²) >= 11 is 0. The van der Waals surface area contributed by atoms with E-state index in [0.717, 1.165) is 12.5 Å². The van der Waals surface area contributed by atoms with Gasteiger partial charge in [-0.3, -0.25) is 0 Å². The van der Waals surface area contributed by atoms with Gasteiger partial charge in [0, 0.05) is 6.04 Å². The normalized spacial score (nSPS) is 17.7. The van der Waals surface area contributed by atoms with Gasteiger partial charge in [0.1, 0.15) is 0 Å². The standard InChI is InChI=1S/C19H25N/c1-3-20-19(15-8-4-5-9-15)18-13-12-14(2)16-10-6-7-11-17(16)18/h6-7,10-13,15,19-20H,3-5,8-9H2,1-2H3. The lowest BCUT2D eigenvalue weighted by Gasteiger charge is -2.26.